The third-order valence-corrected chi connectivity index (χ3v) is 5.80. The Morgan fingerprint density at radius 3 is 2.70 bits per heavy atom. The van der Waals surface area contributed by atoms with Crippen LogP contribution < -0.4 is 14.8 Å². The Balaban J connectivity index is 1.32. The lowest BCUT2D eigenvalue weighted by molar-refractivity contribution is -0.128. The molecule has 0 spiro atoms. The Bertz CT molecular complexity index is 996. The monoisotopic (exact) mass is 449 g/mol. The van der Waals surface area contributed by atoms with E-state index in [-0.39, 0.29) is 17.7 Å². The van der Waals surface area contributed by atoms with Gasteiger partial charge in [-0.05, 0) is 30.7 Å². The fraction of sp³-hybridized carbons (Fsp3) is 0.400. The molecule has 1 amide bonds. The SMILES string of the molecule is Cn1ccnc1CN1C[C@@H](COc2cccnc2)C[C@@H](C(=O)NCCOc2ccccc2)C1. The number of rotatable bonds is 10. The molecule has 8 nitrogen and oxygen atoms in total. The Kier molecular flexibility index (Phi) is 7.92. The van der Waals surface area contributed by atoms with Crippen molar-refractivity contribution in [3.05, 3.63) is 73.1 Å². The normalized spacial score (nSPS) is 18.6. The summed E-state index contributed by atoms with van der Waals surface area (Å²) in [6.45, 7) is 3.71. The highest BCUT2D eigenvalue weighted by Crippen LogP contribution is 2.24. The van der Waals surface area contributed by atoms with Crippen molar-refractivity contribution in [1.29, 1.82) is 0 Å². The van der Waals surface area contributed by atoms with Crippen LogP contribution in [0.15, 0.2) is 67.3 Å². The maximum atomic E-state index is 13.0. The molecule has 174 valence electrons. The van der Waals surface area contributed by atoms with E-state index in [1.54, 1.807) is 18.6 Å². The highest BCUT2D eigenvalue weighted by Gasteiger charge is 2.32. The molecule has 1 N–H and O–H groups in total. The van der Waals surface area contributed by atoms with Crippen LogP contribution in [0.5, 0.6) is 11.5 Å². The summed E-state index contributed by atoms with van der Waals surface area (Å²) in [5, 5.41) is 3.05. The number of benzene rings is 1. The highest BCUT2D eigenvalue weighted by atomic mass is 16.5. The standard InChI is InChI=1S/C25H31N5O3/c1-29-12-10-27-24(29)18-30-16-20(19-33-23-8-5-9-26-15-23)14-21(17-30)25(31)28-11-13-32-22-6-3-2-4-7-22/h2-10,12,15,20-21H,11,13-14,16-19H2,1H3,(H,28,31)/t20-,21+/m0/s1. The second-order valence-electron chi connectivity index (χ2n) is 8.40. The summed E-state index contributed by atoms with van der Waals surface area (Å²) in [7, 11) is 1.99. The summed E-state index contributed by atoms with van der Waals surface area (Å²) < 4.78 is 13.7. The summed E-state index contributed by atoms with van der Waals surface area (Å²) in [5.41, 5.74) is 0. The number of nitrogens with one attached hydrogen (secondary N) is 1. The molecule has 1 aliphatic rings. The summed E-state index contributed by atoms with van der Waals surface area (Å²) in [4.78, 5) is 23.8. The lowest BCUT2D eigenvalue weighted by atomic mass is 9.89. The van der Waals surface area contributed by atoms with E-state index < -0.39 is 0 Å². The number of para-hydroxylation sites is 1. The van der Waals surface area contributed by atoms with Crippen molar-refractivity contribution < 1.29 is 14.3 Å². The van der Waals surface area contributed by atoms with E-state index in [0.717, 1.165) is 30.3 Å². The van der Waals surface area contributed by atoms with E-state index in [0.29, 0.717) is 32.8 Å². The van der Waals surface area contributed by atoms with Crippen molar-refractivity contribution in [2.45, 2.75) is 13.0 Å². The Hall–Kier alpha value is -3.39. The summed E-state index contributed by atoms with van der Waals surface area (Å²) >= 11 is 0. The van der Waals surface area contributed by atoms with Crippen molar-refractivity contribution in [2.24, 2.45) is 18.9 Å². The first kappa shape index (κ1) is 22.8. The van der Waals surface area contributed by atoms with Gasteiger partial charge in [0.25, 0.3) is 0 Å². The van der Waals surface area contributed by atoms with Crippen LogP contribution in [0.1, 0.15) is 12.2 Å². The molecule has 2 aromatic heterocycles. The summed E-state index contributed by atoms with van der Waals surface area (Å²) in [5.74, 6) is 2.71. The van der Waals surface area contributed by atoms with Crippen LogP contribution in [0.3, 0.4) is 0 Å². The predicted octanol–water partition coefficient (Wildman–Crippen LogP) is 2.53. The molecule has 4 rings (SSSR count). The van der Waals surface area contributed by atoms with Gasteiger partial charge in [0.05, 0.1) is 31.8 Å². The molecule has 33 heavy (non-hydrogen) atoms. The Labute approximate surface area is 194 Å². The van der Waals surface area contributed by atoms with Crippen LogP contribution >= 0.6 is 0 Å². The van der Waals surface area contributed by atoms with Gasteiger partial charge >= 0.3 is 0 Å². The van der Waals surface area contributed by atoms with E-state index in [1.165, 1.54) is 0 Å². The minimum absolute atomic E-state index is 0.0579. The predicted molar refractivity (Wildman–Crippen MR) is 125 cm³/mol. The van der Waals surface area contributed by atoms with Crippen LogP contribution in [0.25, 0.3) is 0 Å². The molecule has 0 unspecified atom stereocenters. The number of aryl methyl sites for hydroxylation is 1. The molecule has 0 bridgehead atoms. The fourth-order valence-corrected chi connectivity index (χ4v) is 4.14. The third kappa shape index (κ3) is 6.79. The van der Waals surface area contributed by atoms with E-state index in [4.69, 9.17) is 9.47 Å². The zero-order chi connectivity index (χ0) is 22.9. The minimum Gasteiger partial charge on any atom is -0.492 e. The number of amides is 1. The Morgan fingerprint density at radius 1 is 1.09 bits per heavy atom. The van der Waals surface area contributed by atoms with Crippen LogP contribution in [-0.2, 0) is 18.4 Å². The first-order valence-electron chi connectivity index (χ1n) is 11.3. The molecular weight excluding hydrogens is 418 g/mol. The first-order valence-corrected chi connectivity index (χ1v) is 11.3. The molecule has 0 saturated carbocycles. The van der Waals surface area contributed by atoms with Crippen molar-refractivity contribution >= 4 is 5.91 Å². The van der Waals surface area contributed by atoms with Gasteiger partial charge in [-0.2, -0.15) is 0 Å². The molecule has 0 radical (unpaired) electrons. The van der Waals surface area contributed by atoms with Crippen molar-refractivity contribution in [3.63, 3.8) is 0 Å². The van der Waals surface area contributed by atoms with E-state index in [1.807, 2.05) is 60.3 Å². The van der Waals surface area contributed by atoms with E-state index >= 15 is 0 Å². The number of carbonyl (C=O) groups is 1. The van der Waals surface area contributed by atoms with Gasteiger partial charge in [0.15, 0.2) is 0 Å². The zero-order valence-corrected chi connectivity index (χ0v) is 19.0. The lowest BCUT2D eigenvalue weighted by Crippen LogP contribution is -2.48. The number of piperidine rings is 1. The maximum Gasteiger partial charge on any atom is 0.224 e. The largest absolute Gasteiger partial charge is 0.492 e. The van der Waals surface area contributed by atoms with Gasteiger partial charge in [0.1, 0.15) is 23.9 Å². The molecule has 2 atom stereocenters. The molecule has 3 heterocycles. The van der Waals surface area contributed by atoms with Gasteiger partial charge in [-0.3, -0.25) is 14.7 Å². The summed E-state index contributed by atoms with van der Waals surface area (Å²) in [6.07, 6.45) is 7.97. The number of pyridine rings is 1. The lowest BCUT2D eigenvalue weighted by Gasteiger charge is -2.36. The number of likely N-dealkylation sites (tertiary alicyclic amines) is 1. The van der Waals surface area contributed by atoms with Crippen LogP contribution in [0.2, 0.25) is 0 Å². The van der Waals surface area contributed by atoms with Gasteiger partial charge in [0, 0.05) is 44.6 Å². The van der Waals surface area contributed by atoms with Crippen LogP contribution in [0.4, 0.5) is 0 Å². The van der Waals surface area contributed by atoms with E-state index in [2.05, 4.69) is 20.2 Å². The van der Waals surface area contributed by atoms with Crippen molar-refractivity contribution in [3.8, 4) is 11.5 Å². The Morgan fingerprint density at radius 2 is 1.94 bits per heavy atom. The minimum atomic E-state index is -0.113. The molecule has 1 fully saturated rings. The molecule has 1 aliphatic heterocycles. The third-order valence-electron chi connectivity index (χ3n) is 5.80. The van der Waals surface area contributed by atoms with Gasteiger partial charge in [-0.15, -0.1) is 0 Å². The second-order valence-corrected chi connectivity index (χ2v) is 8.40. The fourth-order valence-electron chi connectivity index (χ4n) is 4.14. The number of aromatic nitrogens is 3. The average molecular weight is 450 g/mol. The maximum absolute atomic E-state index is 13.0. The van der Waals surface area contributed by atoms with Gasteiger partial charge < -0.3 is 19.4 Å². The number of carbonyl (C=O) groups excluding carboxylic acids is 1. The molecule has 3 aromatic rings. The number of hydrogen-bond acceptors (Lipinski definition) is 6. The number of imidazole rings is 1. The van der Waals surface area contributed by atoms with Crippen LogP contribution in [-0.4, -0.2) is 58.2 Å². The average Bonchev–Trinajstić information content (AvgIpc) is 3.25. The highest BCUT2D eigenvalue weighted by molar-refractivity contribution is 5.79. The van der Waals surface area contributed by atoms with Crippen molar-refractivity contribution in [2.75, 3.05) is 32.8 Å². The van der Waals surface area contributed by atoms with E-state index in [9.17, 15) is 4.79 Å². The second kappa shape index (κ2) is 11.5. The number of hydrogen-bond donors (Lipinski definition) is 1. The smallest absolute Gasteiger partial charge is 0.224 e. The quantitative estimate of drug-likeness (QED) is 0.479. The number of nitrogens with zero attached hydrogens (tertiary/aromatic N) is 4. The topological polar surface area (TPSA) is 81.5 Å². The molecule has 8 heteroatoms. The molecule has 0 aliphatic carbocycles. The summed E-state index contributed by atoms with van der Waals surface area (Å²) in [6, 6.07) is 13.4. The number of ether oxygens (including phenoxy) is 2. The van der Waals surface area contributed by atoms with Gasteiger partial charge in [0.2, 0.25) is 5.91 Å². The van der Waals surface area contributed by atoms with Gasteiger partial charge in [-0.25, -0.2) is 4.98 Å². The van der Waals surface area contributed by atoms with Gasteiger partial charge in [-0.1, -0.05) is 18.2 Å². The zero-order valence-electron chi connectivity index (χ0n) is 19.0. The molecule has 1 saturated heterocycles. The first-order chi connectivity index (χ1) is 16.2. The van der Waals surface area contributed by atoms with Crippen molar-refractivity contribution in [1.82, 2.24) is 24.8 Å². The molecule has 1 aromatic carbocycles. The van der Waals surface area contributed by atoms with Crippen LogP contribution in [0, 0.1) is 11.8 Å². The molecular formula is C25H31N5O3.